The molecule has 0 aromatic carbocycles. The topological polar surface area (TPSA) is 79.5 Å². The lowest BCUT2D eigenvalue weighted by Crippen LogP contribution is -2.43. The van der Waals surface area contributed by atoms with Crippen molar-refractivity contribution in [1.82, 2.24) is 9.88 Å². The van der Waals surface area contributed by atoms with Gasteiger partial charge in [0, 0.05) is 25.5 Å². The summed E-state index contributed by atoms with van der Waals surface area (Å²) in [5.41, 5.74) is 6.36. The van der Waals surface area contributed by atoms with E-state index in [2.05, 4.69) is 4.98 Å². The van der Waals surface area contributed by atoms with Crippen LogP contribution in [-0.2, 0) is 11.3 Å². The molecule has 5 nitrogen and oxygen atoms in total. The smallest absolute Gasteiger partial charge is 0.322 e. The molecule has 5 heteroatoms. The van der Waals surface area contributed by atoms with E-state index in [9.17, 15) is 4.79 Å². The van der Waals surface area contributed by atoms with Gasteiger partial charge in [-0.05, 0) is 18.7 Å². The highest BCUT2D eigenvalue weighted by atomic mass is 16.4. The molecule has 0 aliphatic heterocycles. The van der Waals surface area contributed by atoms with E-state index in [-0.39, 0.29) is 6.54 Å². The Morgan fingerprint density at radius 2 is 2.47 bits per heavy atom. The van der Waals surface area contributed by atoms with Gasteiger partial charge in [0.1, 0.15) is 6.04 Å². The third kappa shape index (κ3) is 3.30. The molecule has 0 fully saturated rings. The van der Waals surface area contributed by atoms with Gasteiger partial charge in [0.15, 0.2) is 0 Å². The van der Waals surface area contributed by atoms with E-state index in [1.807, 2.05) is 12.1 Å². The average molecular weight is 209 g/mol. The Morgan fingerprint density at radius 3 is 2.93 bits per heavy atom. The van der Waals surface area contributed by atoms with E-state index in [1.54, 1.807) is 24.3 Å². The van der Waals surface area contributed by atoms with Crippen LogP contribution in [0.3, 0.4) is 0 Å². The summed E-state index contributed by atoms with van der Waals surface area (Å²) < 4.78 is 0. The van der Waals surface area contributed by atoms with Crippen LogP contribution < -0.4 is 5.73 Å². The molecule has 15 heavy (non-hydrogen) atoms. The zero-order valence-corrected chi connectivity index (χ0v) is 8.63. The molecule has 0 aliphatic carbocycles. The van der Waals surface area contributed by atoms with Gasteiger partial charge in [0.2, 0.25) is 0 Å². The van der Waals surface area contributed by atoms with Crippen LogP contribution in [0.15, 0.2) is 24.5 Å². The van der Waals surface area contributed by atoms with Gasteiger partial charge >= 0.3 is 5.97 Å². The first-order chi connectivity index (χ1) is 7.15. The second kappa shape index (κ2) is 5.43. The second-order valence-corrected chi connectivity index (χ2v) is 3.37. The van der Waals surface area contributed by atoms with Gasteiger partial charge in [-0.25, -0.2) is 0 Å². The molecule has 0 saturated carbocycles. The molecule has 3 N–H and O–H groups in total. The molecule has 0 bridgehead atoms. The van der Waals surface area contributed by atoms with Gasteiger partial charge < -0.3 is 10.8 Å². The van der Waals surface area contributed by atoms with Crippen molar-refractivity contribution in [3.8, 4) is 0 Å². The number of aliphatic carboxylic acids is 1. The molecule has 1 aromatic heterocycles. The highest BCUT2D eigenvalue weighted by Crippen LogP contribution is 2.04. The number of hydrogen-bond acceptors (Lipinski definition) is 4. The quantitative estimate of drug-likeness (QED) is 0.709. The van der Waals surface area contributed by atoms with Crippen molar-refractivity contribution in [2.75, 3.05) is 13.6 Å². The summed E-state index contributed by atoms with van der Waals surface area (Å²) in [6, 6.07) is 3.07. The van der Waals surface area contributed by atoms with Gasteiger partial charge in [-0.15, -0.1) is 0 Å². The highest BCUT2D eigenvalue weighted by molar-refractivity contribution is 5.73. The third-order valence-electron chi connectivity index (χ3n) is 2.20. The van der Waals surface area contributed by atoms with Crippen LogP contribution in [0, 0.1) is 0 Å². The number of hydrogen-bond donors (Lipinski definition) is 2. The predicted octanol–water partition coefficient (Wildman–Crippen LogP) is -0.0747. The fourth-order valence-corrected chi connectivity index (χ4v) is 1.36. The van der Waals surface area contributed by atoms with Crippen molar-refractivity contribution in [3.63, 3.8) is 0 Å². The fraction of sp³-hybridized carbons (Fsp3) is 0.400. The van der Waals surface area contributed by atoms with Crippen LogP contribution in [0.1, 0.15) is 5.56 Å². The predicted molar refractivity (Wildman–Crippen MR) is 56.2 cm³/mol. The molecular weight excluding hydrogens is 194 g/mol. The summed E-state index contributed by atoms with van der Waals surface area (Å²) in [6.45, 7) is 0.633. The number of pyridine rings is 1. The summed E-state index contributed by atoms with van der Waals surface area (Å²) in [7, 11) is 1.73. The van der Waals surface area contributed by atoms with Gasteiger partial charge in [0.05, 0.1) is 0 Å². The minimum absolute atomic E-state index is 0.103. The zero-order valence-electron chi connectivity index (χ0n) is 8.63. The summed E-state index contributed by atoms with van der Waals surface area (Å²) >= 11 is 0. The molecule has 0 aliphatic rings. The molecule has 0 radical (unpaired) electrons. The monoisotopic (exact) mass is 209 g/mol. The number of nitrogens with zero attached hydrogens (tertiary/aromatic N) is 2. The molecule has 0 amide bonds. The fourth-order valence-electron chi connectivity index (χ4n) is 1.36. The molecule has 1 atom stereocenters. The number of aromatic nitrogens is 1. The summed E-state index contributed by atoms with van der Waals surface area (Å²) in [5.74, 6) is -0.899. The first kappa shape index (κ1) is 11.6. The van der Waals surface area contributed by atoms with E-state index in [0.717, 1.165) is 5.56 Å². The molecule has 82 valence electrons. The van der Waals surface area contributed by atoms with Crippen molar-refractivity contribution in [1.29, 1.82) is 0 Å². The maximum atomic E-state index is 10.8. The third-order valence-corrected chi connectivity index (χ3v) is 2.20. The lowest BCUT2D eigenvalue weighted by molar-refractivity contribution is -0.142. The normalized spacial score (nSPS) is 12.7. The maximum Gasteiger partial charge on any atom is 0.322 e. The first-order valence-electron chi connectivity index (χ1n) is 4.67. The van der Waals surface area contributed by atoms with Gasteiger partial charge in [-0.2, -0.15) is 0 Å². The number of nitrogens with two attached hydrogens (primary N) is 1. The SMILES string of the molecule is CN(Cc1cccnc1)C(CN)C(=O)O. The van der Waals surface area contributed by atoms with Gasteiger partial charge in [-0.1, -0.05) is 6.07 Å². The van der Waals surface area contributed by atoms with Crippen LogP contribution in [0.2, 0.25) is 0 Å². The number of carbonyl (C=O) groups is 1. The van der Waals surface area contributed by atoms with Crippen LogP contribution in [0.5, 0.6) is 0 Å². The molecule has 1 rings (SSSR count). The first-order valence-corrected chi connectivity index (χ1v) is 4.67. The highest BCUT2D eigenvalue weighted by Gasteiger charge is 2.20. The molecule has 1 heterocycles. The number of rotatable bonds is 5. The number of carboxylic acids is 1. The van der Waals surface area contributed by atoms with Gasteiger partial charge in [0.25, 0.3) is 0 Å². The van der Waals surface area contributed by atoms with E-state index in [0.29, 0.717) is 6.54 Å². The lowest BCUT2D eigenvalue weighted by atomic mass is 10.2. The summed E-state index contributed by atoms with van der Waals surface area (Å²) in [6.07, 6.45) is 3.40. The Labute approximate surface area is 88.5 Å². The Bertz CT molecular complexity index is 316. The zero-order chi connectivity index (χ0) is 11.3. The van der Waals surface area contributed by atoms with Crippen LogP contribution in [0.25, 0.3) is 0 Å². The Morgan fingerprint density at radius 1 is 1.73 bits per heavy atom. The Balaban J connectivity index is 2.62. The van der Waals surface area contributed by atoms with E-state index >= 15 is 0 Å². The minimum atomic E-state index is -0.899. The summed E-state index contributed by atoms with van der Waals surface area (Å²) in [4.78, 5) is 16.5. The summed E-state index contributed by atoms with van der Waals surface area (Å²) in [5, 5.41) is 8.88. The molecular formula is C10H15N3O2. The van der Waals surface area contributed by atoms with Crippen LogP contribution in [-0.4, -0.2) is 40.6 Å². The van der Waals surface area contributed by atoms with Crippen molar-refractivity contribution in [3.05, 3.63) is 30.1 Å². The average Bonchev–Trinajstić information content (AvgIpc) is 2.19. The van der Waals surface area contributed by atoms with E-state index in [4.69, 9.17) is 10.8 Å². The van der Waals surface area contributed by atoms with E-state index < -0.39 is 12.0 Å². The lowest BCUT2D eigenvalue weighted by Gasteiger charge is -2.22. The van der Waals surface area contributed by atoms with E-state index in [1.165, 1.54) is 0 Å². The maximum absolute atomic E-state index is 10.8. The molecule has 1 unspecified atom stereocenters. The van der Waals surface area contributed by atoms with Gasteiger partial charge in [-0.3, -0.25) is 14.7 Å². The molecule has 1 aromatic rings. The largest absolute Gasteiger partial charge is 0.480 e. The molecule has 0 spiro atoms. The van der Waals surface area contributed by atoms with Crippen molar-refractivity contribution in [2.45, 2.75) is 12.6 Å². The Kier molecular flexibility index (Phi) is 4.20. The van der Waals surface area contributed by atoms with Crippen molar-refractivity contribution in [2.24, 2.45) is 5.73 Å². The van der Waals surface area contributed by atoms with Crippen LogP contribution >= 0.6 is 0 Å². The number of carboxylic acid groups (broad SMARTS) is 1. The van der Waals surface area contributed by atoms with Crippen LogP contribution in [0.4, 0.5) is 0 Å². The van der Waals surface area contributed by atoms with Crippen molar-refractivity contribution < 1.29 is 9.90 Å². The minimum Gasteiger partial charge on any atom is -0.480 e. The number of likely N-dealkylation sites (N-methyl/N-ethyl adjacent to an activating group) is 1. The standard InChI is InChI=1S/C10H15N3O2/c1-13(9(5-11)10(14)15)7-8-3-2-4-12-6-8/h2-4,6,9H,5,7,11H2,1H3,(H,14,15). The Hall–Kier alpha value is -1.46. The molecule has 0 saturated heterocycles. The second-order valence-electron chi connectivity index (χ2n) is 3.37. The van der Waals surface area contributed by atoms with Crippen molar-refractivity contribution >= 4 is 5.97 Å².